The fourth-order valence-corrected chi connectivity index (χ4v) is 2.10. The topological polar surface area (TPSA) is 76.8 Å². The molecule has 1 heterocycles. The molecule has 1 saturated heterocycles. The lowest BCUT2D eigenvalue weighted by molar-refractivity contribution is -0.134. The van der Waals surface area contributed by atoms with Gasteiger partial charge in [0.05, 0.1) is 0 Å². The van der Waals surface area contributed by atoms with Crippen molar-refractivity contribution in [3.63, 3.8) is 0 Å². The van der Waals surface area contributed by atoms with E-state index in [0.717, 1.165) is 25.9 Å². The number of carbonyl (C=O) groups is 1. The van der Waals surface area contributed by atoms with Crippen LogP contribution < -0.4 is 11.1 Å². The second-order valence-electron chi connectivity index (χ2n) is 4.35. The van der Waals surface area contributed by atoms with E-state index in [1.54, 1.807) is 4.90 Å². The highest BCUT2D eigenvalue weighted by atomic mass is 16.7. The fraction of sp³-hybridized carbons (Fsp3) is 0.917. The molecular formula is C12H25N3O3. The third-order valence-electron chi connectivity index (χ3n) is 3.08. The van der Waals surface area contributed by atoms with Crippen LogP contribution >= 0.6 is 0 Å². The Bertz CT molecular complexity index is 237. The molecule has 0 aromatic carbocycles. The van der Waals surface area contributed by atoms with Crippen molar-refractivity contribution in [3.8, 4) is 0 Å². The minimum absolute atomic E-state index is 0.186. The SMILES string of the molecule is CCOC(CNC1CCN(C(N)=O)CC1)OCC. The monoisotopic (exact) mass is 259 g/mol. The van der Waals surface area contributed by atoms with Gasteiger partial charge in [-0.25, -0.2) is 4.79 Å². The van der Waals surface area contributed by atoms with E-state index in [1.807, 2.05) is 13.8 Å². The zero-order chi connectivity index (χ0) is 13.4. The van der Waals surface area contributed by atoms with Gasteiger partial charge in [0.2, 0.25) is 0 Å². The van der Waals surface area contributed by atoms with E-state index in [9.17, 15) is 4.79 Å². The molecule has 106 valence electrons. The number of nitrogens with zero attached hydrogens (tertiary/aromatic N) is 1. The van der Waals surface area contributed by atoms with E-state index in [0.29, 0.717) is 25.8 Å². The molecule has 1 aliphatic rings. The average Bonchev–Trinajstić information content (AvgIpc) is 2.37. The zero-order valence-corrected chi connectivity index (χ0v) is 11.4. The van der Waals surface area contributed by atoms with Crippen LogP contribution in [0.3, 0.4) is 0 Å². The zero-order valence-electron chi connectivity index (χ0n) is 11.4. The predicted molar refractivity (Wildman–Crippen MR) is 69.2 cm³/mol. The molecule has 1 fully saturated rings. The van der Waals surface area contributed by atoms with Crippen LogP contribution in [0.5, 0.6) is 0 Å². The van der Waals surface area contributed by atoms with Gasteiger partial charge in [0.25, 0.3) is 0 Å². The molecule has 0 saturated carbocycles. The predicted octanol–water partition coefficient (Wildman–Crippen LogP) is 0.518. The van der Waals surface area contributed by atoms with Crippen LogP contribution in [0.1, 0.15) is 26.7 Å². The summed E-state index contributed by atoms with van der Waals surface area (Å²) < 4.78 is 10.9. The maximum absolute atomic E-state index is 11.0. The Morgan fingerprint density at radius 1 is 1.33 bits per heavy atom. The first-order chi connectivity index (χ1) is 8.67. The number of rotatable bonds is 7. The highest BCUT2D eigenvalue weighted by molar-refractivity contribution is 5.72. The third-order valence-corrected chi connectivity index (χ3v) is 3.08. The Morgan fingerprint density at radius 2 is 1.89 bits per heavy atom. The van der Waals surface area contributed by atoms with Crippen molar-refractivity contribution in [3.05, 3.63) is 0 Å². The van der Waals surface area contributed by atoms with Crippen LogP contribution in [0.15, 0.2) is 0 Å². The minimum Gasteiger partial charge on any atom is -0.352 e. The standard InChI is InChI=1S/C12H25N3O3/c1-3-17-11(18-4-2)9-14-10-5-7-15(8-6-10)12(13)16/h10-11,14H,3-9H2,1-2H3,(H2,13,16). The van der Waals surface area contributed by atoms with Crippen molar-refractivity contribution in [2.75, 3.05) is 32.8 Å². The first kappa shape index (κ1) is 15.2. The van der Waals surface area contributed by atoms with Crippen LogP contribution in [-0.2, 0) is 9.47 Å². The summed E-state index contributed by atoms with van der Waals surface area (Å²) in [7, 11) is 0. The Labute approximate surface area is 109 Å². The first-order valence-electron chi connectivity index (χ1n) is 6.68. The van der Waals surface area contributed by atoms with Crippen molar-refractivity contribution in [2.45, 2.75) is 39.0 Å². The highest BCUT2D eigenvalue weighted by Crippen LogP contribution is 2.10. The van der Waals surface area contributed by atoms with Gasteiger partial charge in [-0.1, -0.05) is 0 Å². The fourth-order valence-electron chi connectivity index (χ4n) is 2.10. The molecule has 0 aromatic rings. The summed E-state index contributed by atoms with van der Waals surface area (Å²) in [6.07, 6.45) is 1.66. The van der Waals surface area contributed by atoms with Crippen molar-refractivity contribution in [2.24, 2.45) is 5.73 Å². The number of primary amides is 1. The third kappa shape index (κ3) is 5.20. The van der Waals surface area contributed by atoms with Gasteiger partial charge in [-0.05, 0) is 26.7 Å². The Balaban J connectivity index is 2.21. The van der Waals surface area contributed by atoms with E-state index in [1.165, 1.54) is 0 Å². The van der Waals surface area contributed by atoms with Gasteiger partial charge in [-0.15, -0.1) is 0 Å². The molecule has 18 heavy (non-hydrogen) atoms. The maximum Gasteiger partial charge on any atom is 0.314 e. The molecule has 0 bridgehead atoms. The van der Waals surface area contributed by atoms with E-state index in [2.05, 4.69) is 5.32 Å². The van der Waals surface area contributed by atoms with E-state index >= 15 is 0 Å². The number of nitrogens with one attached hydrogen (secondary N) is 1. The molecule has 6 heteroatoms. The summed E-state index contributed by atoms with van der Waals surface area (Å²) in [5.41, 5.74) is 5.24. The van der Waals surface area contributed by atoms with Gasteiger partial charge in [-0.2, -0.15) is 0 Å². The van der Waals surface area contributed by atoms with Crippen molar-refractivity contribution >= 4 is 6.03 Å². The van der Waals surface area contributed by atoms with Gasteiger partial charge >= 0.3 is 6.03 Å². The number of amides is 2. The number of hydrogen-bond donors (Lipinski definition) is 2. The van der Waals surface area contributed by atoms with Gasteiger partial charge in [0.15, 0.2) is 6.29 Å². The quantitative estimate of drug-likeness (QED) is 0.653. The van der Waals surface area contributed by atoms with Crippen LogP contribution in [0.25, 0.3) is 0 Å². The van der Waals surface area contributed by atoms with Crippen LogP contribution in [0, 0.1) is 0 Å². The lowest BCUT2D eigenvalue weighted by Crippen LogP contribution is -2.48. The van der Waals surface area contributed by atoms with Gasteiger partial charge in [0, 0.05) is 38.9 Å². The number of nitrogens with two attached hydrogens (primary N) is 1. The molecule has 0 radical (unpaired) electrons. The number of piperidine rings is 1. The smallest absolute Gasteiger partial charge is 0.314 e. The van der Waals surface area contributed by atoms with E-state index in [4.69, 9.17) is 15.2 Å². The molecule has 0 aromatic heterocycles. The maximum atomic E-state index is 11.0. The lowest BCUT2D eigenvalue weighted by Gasteiger charge is -2.32. The Morgan fingerprint density at radius 3 is 2.33 bits per heavy atom. The molecule has 0 spiro atoms. The van der Waals surface area contributed by atoms with Crippen LogP contribution in [0.2, 0.25) is 0 Å². The second kappa shape index (κ2) is 8.29. The van der Waals surface area contributed by atoms with Gasteiger partial charge < -0.3 is 25.4 Å². The van der Waals surface area contributed by atoms with Crippen LogP contribution in [-0.4, -0.2) is 56.1 Å². The molecule has 6 nitrogen and oxygen atoms in total. The summed E-state index contributed by atoms with van der Waals surface area (Å²) in [6, 6.07) is 0.0824. The number of likely N-dealkylation sites (tertiary alicyclic amines) is 1. The molecule has 1 aliphatic heterocycles. The number of urea groups is 1. The largest absolute Gasteiger partial charge is 0.352 e. The first-order valence-corrected chi connectivity index (χ1v) is 6.68. The molecule has 3 N–H and O–H groups in total. The molecule has 0 unspecified atom stereocenters. The van der Waals surface area contributed by atoms with Gasteiger partial charge in [-0.3, -0.25) is 0 Å². The van der Waals surface area contributed by atoms with Crippen LogP contribution in [0.4, 0.5) is 4.79 Å². The normalized spacial score (nSPS) is 17.4. The lowest BCUT2D eigenvalue weighted by atomic mass is 10.1. The summed E-state index contributed by atoms with van der Waals surface area (Å²) in [5.74, 6) is 0. The minimum atomic E-state index is -0.324. The van der Waals surface area contributed by atoms with E-state index in [-0.39, 0.29) is 12.3 Å². The van der Waals surface area contributed by atoms with E-state index < -0.39 is 0 Å². The molecule has 0 aliphatic carbocycles. The number of carbonyl (C=O) groups excluding carboxylic acids is 1. The summed E-state index contributed by atoms with van der Waals surface area (Å²) in [4.78, 5) is 12.7. The number of ether oxygens (including phenoxy) is 2. The highest BCUT2D eigenvalue weighted by Gasteiger charge is 2.21. The molecular weight excluding hydrogens is 234 g/mol. The summed E-state index contributed by atoms with van der Waals surface area (Å²) in [5, 5.41) is 3.42. The van der Waals surface area contributed by atoms with Crippen molar-refractivity contribution in [1.29, 1.82) is 0 Å². The number of hydrogen-bond acceptors (Lipinski definition) is 4. The Hall–Kier alpha value is -0.850. The molecule has 0 atom stereocenters. The molecule has 2 amide bonds. The summed E-state index contributed by atoms with van der Waals surface area (Å²) in [6.45, 7) is 7.33. The molecule has 1 rings (SSSR count). The van der Waals surface area contributed by atoms with Gasteiger partial charge in [0.1, 0.15) is 0 Å². The van der Waals surface area contributed by atoms with Crippen molar-refractivity contribution in [1.82, 2.24) is 10.2 Å². The average molecular weight is 259 g/mol. The van der Waals surface area contributed by atoms with Crippen molar-refractivity contribution < 1.29 is 14.3 Å². The second-order valence-corrected chi connectivity index (χ2v) is 4.35. The Kier molecular flexibility index (Phi) is 7.00. The summed E-state index contributed by atoms with van der Waals surface area (Å²) >= 11 is 0.